The SMILES string of the molecule is CCC(=O)c1ccc(-n2cc(-c3ccccc3)c3c(=O)[nH]cnc32)cc1. The van der Waals surface area contributed by atoms with E-state index in [-0.39, 0.29) is 11.3 Å². The standard InChI is InChI=1S/C21H17N3O2/c1-2-18(25)15-8-10-16(11-9-15)24-12-17(14-6-4-3-5-7-14)19-20(24)22-13-23-21(19)26/h3-13H,2H2,1H3,(H,22,23,26). The van der Waals surface area contributed by atoms with Crippen molar-refractivity contribution in [3.8, 4) is 16.8 Å². The number of hydrogen-bond donors (Lipinski definition) is 1. The molecule has 26 heavy (non-hydrogen) atoms. The second kappa shape index (κ2) is 6.44. The smallest absolute Gasteiger partial charge is 0.260 e. The number of Topliss-reactive ketones (excluding diaryl/α,β-unsaturated/α-hetero) is 1. The molecule has 5 nitrogen and oxygen atoms in total. The molecule has 0 aliphatic carbocycles. The number of H-pyrrole nitrogens is 1. The lowest BCUT2D eigenvalue weighted by molar-refractivity contribution is 0.0988. The molecule has 0 saturated carbocycles. The van der Waals surface area contributed by atoms with E-state index >= 15 is 0 Å². The summed E-state index contributed by atoms with van der Waals surface area (Å²) in [6.07, 6.45) is 3.80. The highest BCUT2D eigenvalue weighted by molar-refractivity contribution is 5.96. The summed E-state index contributed by atoms with van der Waals surface area (Å²) in [7, 11) is 0. The average Bonchev–Trinajstić information content (AvgIpc) is 3.09. The first-order chi connectivity index (χ1) is 12.7. The van der Waals surface area contributed by atoms with Gasteiger partial charge in [-0.3, -0.25) is 9.59 Å². The third kappa shape index (κ3) is 2.63. The Bertz CT molecular complexity index is 1140. The van der Waals surface area contributed by atoms with Crippen LogP contribution < -0.4 is 5.56 Å². The Hall–Kier alpha value is -3.47. The van der Waals surface area contributed by atoms with Gasteiger partial charge in [0.1, 0.15) is 0 Å². The van der Waals surface area contributed by atoms with E-state index in [2.05, 4.69) is 9.97 Å². The minimum Gasteiger partial charge on any atom is -0.312 e. The molecule has 0 atom stereocenters. The Kier molecular flexibility index (Phi) is 3.97. The van der Waals surface area contributed by atoms with Crippen LogP contribution in [0.15, 0.2) is 71.9 Å². The van der Waals surface area contributed by atoms with Crippen molar-refractivity contribution in [2.24, 2.45) is 0 Å². The molecule has 128 valence electrons. The van der Waals surface area contributed by atoms with Crippen molar-refractivity contribution in [1.29, 1.82) is 0 Å². The van der Waals surface area contributed by atoms with Crippen LogP contribution in [0.4, 0.5) is 0 Å². The maximum atomic E-state index is 12.4. The zero-order chi connectivity index (χ0) is 18.1. The predicted molar refractivity (Wildman–Crippen MR) is 102 cm³/mol. The topological polar surface area (TPSA) is 67.8 Å². The molecule has 0 amide bonds. The lowest BCUT2D eigenvalue weighted by Crippen LogP contribution is -2.07. The van der Waals surface area contributed by atoms with E-state index in [9.17, 15) is 9.59 Å². The Morgan fingerprint density at radius 1 is 1.08 bits per heavy atom. The fourth-order valence-electron chi connectivity index (χ4n) is 3.12. The molecule has 2 aromatic carbocycles. The maximum absolute atomic E-state index is 12.4. The molecule has 0 bridgehead atoms. The number of ketones is 1. The Morgan fingerprint density at radius 2 is 1.81 bits per heavy atom. The third-order valence-electron chi connectivity index (χ3n) is 4.46. The second-order valence-corrected chi connectivity index (χ2v) is 6.03. The Labute approximate surface area is 150 Å². The fraction of sp³-hybridized carbons (Fsp3) is 0.0952. The molecule has 2 aromatic heterocycles. The number of aromatic nitrogens is 3. The van der Waals surface area contributed by atoms with Crippen LogP contribution >= 0.6 is 0 Å². The van der Waals surface area contributed by atoms with E-state index < -0.39 is 0 Å². The van der Waals surface area contributed by atoms with Crippen molar-refractivity contribution >= 4 is 16.8 Å². The molecule has 0 saturated heterocycles. The molecular weight excluding hydrogens is 326 g/mol. The van der Waals surface area contributed by atoms with Gasteiger partial charge in [0, 0.05) is 29.4 Å². The number of benzene rings is 2. The van der Waals surface area contributed by atoms with Gasteiger partial charge in [-0.25, -0.2) is 4.98 Å². The van der Waals surface area contributed by atoms with Crippen LogP contribution in [-0.2, 0) is 0 Å². The van der Waals surface area contributed by atoms with Crippen molar-refractivity contribution in [2.45, 2.75) is 13.3 Å². The van der Waals surface area contributed by atoms with E-state index in [1.807, 2.05) is 72.3 Å². The Morgan fingerprint density at radius 3 is 2.50 bits per heavy atom. The van der Waals surface area contributed by atoms with Gasteiger partial charge in [-0.1, -0.05) is 37.3 Å². The van der Waals surface area contributed by atoms with Gasteiger partial charge < -0.3 is 9.55 Å². The largest absolute Gasteiger partial charge is 0.312 e. The zero-order valence-corrected chi connectivity index (χ0v) is 14.3. The highest BCUT2D eigenvalue weighted by atomic mass is 16.1. The first-order valence-electron chi connectivity index (χ1n) is 8.47. The highest BCUT2D eigenvalue weighted by Crippen LogP contribution is 2.29. The van der Waals surface area contributed by atoms with Gasteiger partial charge >= 0.3 is 0 Å². The average molecular weight is 343 g/mol. The lowest BCUT2D eigenvalue weighted by atomic mass is 10.1. The fourth-order valence-corrected chi connectivity index (χ4v) is 3.12. The molecule has 1 N–H and O–H groups in total. The summed E-state index contributed by atoms with van der Waals surface area (Å²) in [6, 6.07) is 17.1. The number of aromatic amines is 1. The normalized spacial score (nSPS) is 11.0. The van der Waals surface area contributed by atoms with Gasteiger partial charge in [0.05, 0.1) is 11.7 Å². The highest BCUT2D eigenvalue weighted by Gasteiger charge is 2.15. The summed E-state index contributed by atoms with van der Waals surface area (Å²) in [5.74, 6) is 0.105. The quantitative estimate of drug-likeness (QED) is 0.570. The number of carbonyl (C=O) groups is 1. The van der Waals surface area contributed by atoms with Crippen molar-refractivity contribution in [3.63, 3.8) is 0 Å². The molecule has 0 fully saturated rings. The maximum Gasteiger partial charge on any atom is 0.260 e. The molecule has 0 unspecified atom stereocenters. The summed E-state index contributed by atoms with van der Waals surface area (Å²) >= 11 is 0. The van der Waals surface area contributed by atoms with E-state index in [1.54, 1.807) is 0 Å². The molecule has 0 radical (unpaired) electrons. The first kappa shape index (κ1) is 16.0. The molecule has 0 spiro atoms. The van der Waals surface area contributed by atoms with Crippen molar-refractivity contribution < 1.29 is 4.79 Å². The minimum atomic E-state index is -0.176. The molecule has 4 rings (SSSR count). The monoisotopic (exact) mass is 343 g/mol. The van der Waals surface area contributed by atoms with Crippen LogP contribution in [-0.4, -0.2) is 20.3 Å². The number of nitrogens with one attached hydrogen (secondary N) is 1. The molecular formula is C21H17N3O2. The number of nitrogens with zero attached hydrogens (tertiary/aromatic N) is 2. The van der Waals surface area contributed by atoms with Crippen LogP contribution in [0, 0.1) is 0 Å². The minimum absolute atomic E-state index is 0.105. The number of rotatable bonds is 4. The molecule has 2 heterocycles. The van der Waals surface area contributed by atoms with Crippen LogP contribution in [0.25, 0.3) is 27.8 Å². The van der Waals surface area contributed by atoms with Gasteiger partial charge in [-0.05, 0) is 29.8 Å². The van der Waals surface area contributed by atoms with E-state index in [0.29, 0.717) is 23.0 Å². The number of fused-ring (bicyclic) bond motifs is 1. The van der Waals surface area contributed by atoms with Crippen molar-refractivity contribution in [2.75, 3.05) is 0 Å². The van der Waals surface area contributed by atoms with Gasteiger partial charge in [0.15, 0.2) is 11.4 Å². The van der Waals surface area contributed by atoms with E-state index in [0.717, 1.165) is 16.8 Å². The van der Waals surface area contributed by atoms with Gasteiger partial charge in [0.2, 0.25) is 0 Å². The van der Waals surface area contributed by atoms with Gasteiger partial charge in [0.25, 0.3) is 5.56 Å². The van der Waals surface area contributed by atoms with Crippen LogP contribution in [0.2, 0.25) is 0 Å². The van der Waals surface area contributed by atoms with Gasteiger partial charge in [-0.15, -0.1) is 0 Å². The van der Waals surface area contributed by atoms with Crippen molar-refractivity contribution in [1.82, 2.24) is 14.5 Å². The molecule has 4 aromatic rings. The number of carbonyl (C=O) groups excluding carboxylic acids is 1. The summed E-state index contributed by atoms with van der Waals surface area (Å²) in [5, 5.41) is 0.549. The summed E-state index contributed by atoms with van der Waals surface area (Å²) < 4.78 is 1.88. The zero-order valence-electron chi connectivity index (χ0n) is 14.3. The van der Waals surface area contributed by atoms with Crippen LogP contribution in [0.5, 0.6) is 0 Å². The third-order valence-corrected chi connectivity index (χ3v) is 4.46. The molecule has 0 aliphatic rings. The van der Waals surface area contributed by atoms with Crippen LogP contribution in [0.3, 0.4) is 0 Å². The summed E-state index contributed by atoms with van der Waals surface area (Å²) in [4.78, 5) is 31.3. The van der Waals surface area contributed by atoms with Crippen LogP contribution in [0.1, 0.15) is 23.7 Å². The molecule has 0 aliphatic heterocycles. The number of hydrogen-bond acceptors (Lipinski definition) is 3. The summed E-state index contributed by atoms with van der Waals surface area (Å²) in [5.41, 5.74) is 3.72. The second-order valence-electron chi connectivity index (χ2n) is 6.03. The van der Waals surface area contributed by atoms with E-state index in [1.165, 1.54) is 6.33 Å². The summed E-state index contributed by atoms with van der Waals surface area (Å²) in [6.45, 7) is 1.85. The predicted octanol–water partition coefficient (Wildman–Crippen LogP) is 3.97. The Balaban J connectivity index is 1.93. The molecule has 5 heteroatoms. The van der Waals surface area contributed by atoms with Gasteiger partial charge in [-0.2, -0.15) is 0 Å². The van der Waals surface area contributed by atoms with E-state index in [4.69, 9.17) is 0 Å². The lowest BCUT2D eigenvalue weighted by Gasteiger charge is -2.05. The first-order valence-corrected chi connectivity index (χ1v) is 8.47. The van der Waals surface area contributed by atoms with Crippen molar-refractivity contribution in [3.05, 3.63) is 83.0 Å².